The number of nitrogens with one attached hydrogen (secondary N) is 1. The van der Waals surface area contributed by atoms with Crippen LogP contribution in [0.5, 0.6) is 0 Å². The number of benzene rings is 2. The molecule has 0 atom stereocenters. The Hall–Kier alpha value is -1.42. The normalized spacial score (nSPS) is 10.4. The summed E-state index contributed by atoms with van der Waals surface area (Å²) in [5, 5.41) is 13.6. The van der Waals surface area contributed by atoms with Gasteiger partial charge in [-0.1, -0.05) is 40.9 Å². The Morgan fingerprint density at radius 3 is 2.43 bits per heavy atom. The molecule has 0 radical (unpaired) electrons. The molecule has 0 aliphatic rings. The van der Waals surface area contributed by atoms with E-state index in [4.69, 9.17) is 39.9 Å². The molecule has 2 aromatic carbocycles. The molecular formula is C15H12Cl3NO2. The second kappa shape index (κ2) is 7.03. The third-order valence-corrected chi connectivity index (χ3v) is 3.84. The third-order valence-electron chi connectivity index (χ3n) is 2.94. The highest BCUT2D eigenvalue weighted by Crippen LogP contribution is 2.24. The average Bonchev–Trinajstić information content (AvgIpc) is 2.42. The van der Waals surface area contributed by atoms with Gasteiger partial charge in [0.15, 0.2) is 0 Å². The van der Waals surface area contributed by atoms with Gasteiger partial charge in [0.1, 0.15) is 0 Å². The van der Waals surface area contributed by atoms with Crippen LogP contribution in [0.1, 0.15) is 15.9 Å². The van der Waals surface area contributed by atoms with Crippen LogP contribution in [0.4, 0.5) is 5.69 Å². The van der Waals surface area contributed by atoms with E-state index in [0.717, 1.165) is 5.56 Å². The molecule has 0 saturated heterocycles. The molecule has 21 heavy (non-hydrogen) atoms. The van der Waals surface area contributed by atoms with Crippen LogP contribution in [-0.4, -0.2) is 17.6 Å². The maximum atomic E-state index is 10.8. The molecule has 0 aromatic heterocycles. The van der Waals surface area contributed by atoms with E-state index in [-0.39, 0.29) is 5.56 Å². The zero-order chi connectivity index (χ0) is 15.4. The Morgan fingerprint density at radius 2 is 1.81 bits per heavy atom. The number of anilines is 1. The molecule has 3 nitrogen and oxygen atoms in total. The van der Waals surface area contributed by atoms with Crippen LogP contribution in [0.2, 0.25) is 15.1 Å². The van der Waals surface area contributed by atoms with Gasteiger partial charge in [-0.3, -0.25) is 0 Å². The molecule has 0 saturated carbocycles. The van der Waals surface area contributed by atoms with Gasteiger partial charge in [0, 0.05) is 16.6 Å². The highest BCUT2D eigenvalue weighted by atomic mass is 35.5. The van der Waals surface area contributed by atoms with Crippen LogP contribution in [0.3, 0.4) is 0 Å². The standard InChI is InChI=1S/C15H12Cl3NO2/c16-11-3-1-9(12(17)8-11)5-6-19-14-4-2-10(15(20)21)7-13(14)18/h1-4,7-8,19H,5-6H2,(H,20,21). The van der Waals surface area contributed by atoms with Gasteiger partial charge in [-0.25, -0.2) is 4.79 Å². The zero-order valence-electron chi connectivity index (χ0n) is 10.9. The lowest BCUT2D eigenvalue weighted by Crippen LogP contribution is -2.06. The van der Waals surface area contributed by atoms with Crippen LogP contribution < -0.4 is 5.32 Å². The minimum Gasteiger partial charge on any atom is -0.478 e. The van der Waals surface area contributed by atoms with Gasteiger partial charge in [-0.05, 0) is 42.3 Å². The molecule has 2 N–H and O–H groups in total. The van der Waals surface area contributed by atoms with Crippen molar-refractivity contribution in [2.24, 2.45) is 0 Å². The molecule has 0 spiro atoms. The third kappa shape index (κ3) is 4.27. The first-order chi connectivity index (χ1) is 9.97. The van der Waals surface area contributed by atoms with Crippen LogP contribution in [0, 0.1) is 0 Å². The summed E-state index contributed by atoms with van der Waals surface area (Å²) in [5.41, 5.74) is 1.82. The largest absolute Gasteiger partial charge is 0.478 e. The lowest BCUT2D eigenvalue weighted by Gasteiger charge is -2.10. The molecule has 0 fully saturated rings. The van der Waals surface area contributed by atoms with Crippen LogP contribution in [0.25, 0.3) is 0 Å². The predicted molar refractivity (Wildman–Crippen MR) is 87.1 cm³/mol. The number of hydrogen-bond donors (Lipinski definition) is 2. The first-order valence-corrected chi connectivity index (χ1v) is 7.31. The van der Waals surface area contributed by atoms with E-state index in [1.807, 2.05) is 6.07 Å². The number of rotatable bonds is 5. The molecule has 6 heteroatoms. The molecular weight excluding hydrogens is 333 g/mol. The van der Waals surface area contributed by atoms with Crippen molar-refractivity contribution >= 4 is 46.5 Å². The van der Waals surface area contributed by atoms with Crippen molar-refractivity contribution < 1.29 is 9.90 Å². The van der Waals surface area contributed by atoms with Gasteiger partial charge in [-0.2, -0.15) is 0 Å². The number of carbonyl (C=O) groups is 1. The summed E-state index contributed by atoms with van der Waals surface area (Å²) < 4.78 is 0. The van der Waals surface area contributed by atoms with E-state index >= 15 is 0 Å². The van der Waals surface area contributed by atoms with Crippen molar-refractivity contribution in [1.29, 1.82) is 0 Å². The molecule has 0 bridgehead atoms. The predicted octanol–water partition coefficient (Wildman–Crippen LogP) is 5.00. The monoisotopic (exact) mass is 343 g/mol. The summed E-state index contributed by atoms with van der Waals surface area (Å²) >= 11 is 18.0. The van der Waals surface area contributed by atoms with Gasteiger partial charge in [-0.15, -0.1) is 0 Å². The summed E-state index contributed by atoms with van der Waals surface area (Å²) in [6.07, 6.45) is 0.701. The molecule has 0 aliphatic heterocycles. The van der Waals surface area contributed by atoms with Gasteiger partial charge in [0.2, 0.25) is 0 Å². The second-order valence-electron chi connectivity index (χ2n) is 4.41. The number of carboxylic acids is 1. The lowest BCUT2D eigenvalue weighted by molar-refractivity contribution is 0.0697. The van der Waals surface area contributed by atoms with Crippen molar-refractivity contribution in [2.75, 3.05) is 11.9 Å². The summed E-state index contributed by atoms with van der Waals surface area (Å²) in [6.45, 7) is 0.619. The van der Waals surface area contributed by atoms with Crippen molar-refractivity contribution in [1.82, 2.24) is 0 Å². The van der Waals surface area contributed by atoms with E-state index in [0.29, 0.717) is 33.7 Å². The molecule has 0 aliphatic carbocycles. The fourth-order valence-electron chi connectivity index (χ4n) is 1.85. The maximum Gasteiger partial charge on any atom is 0.335 e. The topological polar surface area (TPSA) is 49.3 Å². The Morgan fingerprint density at radius 1 is 1.05 bits per heavy atom. The smallest absolute Gasteiger partial charge is 0.335 e. The fourth-order valence-corrected chi connectivity index (χ4v) is 2.60. The van der Waals surface area contributed by atoms with E-state index < -0.39 is 5.97 Å². The summed E-state index contributed by atoms with van der Waals surface area (Å²) in [7, 11) is 0. The van der Waals surface area contributed by atoms with Crippen LogP contribution in [0.15, 0.2) is 36.4 Å². The zero-order valence-corrected chi connectivity index (χ0v) is 13.1. The Balaban J connectivity index is 1.99. The molecule has 0 heterocycles. The van der Waals surface area contributed by atoms with E-state index in [1.54, 1.807) is 18.2 Å². The second-order valence-corrected chi connectivity index (χ2v) is 5.66. The van der Waals surface area contributed by atoms with Gasteiger partial charge in [0.25, 0.3) is 0 Å². The average molecular weight is 345 g/mol. The van der Waals surface area contributed by atoms with Gasteiger partial charge in [0.05, 0.1) is 16.3 Å². The Labute approximate surface area is 137 Å². The van der Waals surface area contributed by atoms with Crippen molar-refractivity contribution in [3.05, 3.63) is 62.6 Å². The molecule has 0 unspecified atom stereocenters. The molecule has 110 valence electrons. The molecule has 2 aromatic rings. The van der Waals surface area contributed by atoms with Crippen LogP contribution in [-0.2, 0) is 6.42 Å². The number of halogens is 3. The summed E-state index contributed by atoms with van der Waals surface area (Å²) in [5.74, 6) is -1.00. The molecule has 2 rings (SSSR count). The maximum absolute atomic E-state index is 10.8. The Kier molecular flexibility index (Phi) is 5.34. The van der Waals surface area contributed by atoms with Crippen molar-refractivity contribution in [3.63, 3.8) is 0 Å². The first kappa shape index (κ1) is 16.0. The highest BCUT2D eigenvalue weighted by Gasteiger charge is 2.07. The molecule has 0 amide bonds. The van der Waals surface area contributed by atoms with E-state index in [2.05, 4.69) is 5.32 Å². The lowest BCUT2D eigenvalue weighted by atomic mass is 10.1. The quantitative estimate of drug-likeness (QED) is 0.802. The fraction of sp³-hybridized carbons (Fsp3) is 0.133. The number of aromatic carboxylic acids is 1. The van der Waals surface area contributed by atoms with Crippen LogP contribution >= 0.6 is 34.8 Å². The Bertz CT molecular complexity index is 674. The summed E-state index contributed by atoms with van der Waals surface area (Å²) in [6, 6.07) is 9.94. The number of hydrogen-bond acceptors (Lipinski definition) is 2. The van der Waals surface area contributed by atoms with Gasteiger partial charge < -0.3 is 10.4 Å². The van der Waals surface area contributed by atoms with Crippen molar-refractivity contribution in [3.8, 4) is 0 Å². The highest BCUT2D eigenvalue weighted by molar-refractivity contribution is 6.35. The van der Waals surface area contributed by atoms with E-state index in [9.17, 15) is 4.79 Å². The SMILES string of the molecule is O=C(O)c1ccc(NCCc2ccc(Cl)cc2Cl)c(Cl)c1. The summed E-state index contributed by atoms with van der Waals surface area (Å²) in [4.78, 5) is 10.8. The minimum absolute atomic E-state index is 0.159. The number of carboxylic acid groups (broad SMARTS) is 1. The minimum atomic E-state index is -1.00. The first-order valence-electron chi connectivity index (χ1n) is 6.18. The van der Waals surface area contributed by atoms with E-state index in [1.165, 1.54) is 12.1 Å². The van der Waals surface area contributed by atoms with Gasteiger partial charge >= 0.3 is 5.97 Å². The van der Waals surface area contributed by atoms with Crippen molar-refractivity contribution in [2.45, 2.75) is 6.42 Å².